The van der Waals surface area contributed by atoms with E-state index >= 15 is 0 Å². The maximum atomic E-state index is 3.75. The molecule has 2 nitrogen and oxygen atoms in total. The topological polar surface area (TPSA) is 15.3 Å². The molecule has 0 aromatic heterocycles. The highest BCUT2D eigenvalue weighted by Gasteiger charge is 2.35. The Morgan fingerprint density at radius 3 is 2.20 bits per heavy atom. The Morgan fingerprint density at radius 1 is 1.00 bits per heavy atom. The average molecular weight is 280 g/mol. The molecule has 2 aliphatic rings. The van der Waals surface area contributed by atoms with Crippen LogP contribution in [-0.2, 0) is 0 Å². The summed E-state index contributed by atoms with van der Waals surface area (Å²) in [5.41, 5.74) is 0.749. The molecule has 1 N–H and O–H groups in total. The zero-order valence-electron chi connectivity index (χ0n) is 14.1. The summed E-state index contributed by atoms with van der Waals surface area (Å²) in [6.45, 7) is 12.1. The van der Waals surface area contributed by atoms with Gasteiger partial charge in [0.2, 0.25) is 0 Å². The zero-order chi connectivity index (χ0) is 14.4. The summed E-state index contributed by atoms with van der Waals surface area (Å²) in [6.07, 6.45) is 11.7. The lowest BCUT2D eigenvalue weighted by Crippen LogP contribution is -2.49. The van der Waals surface area contributed by atoms with Gasteiger partial charge >= 0.3 is 0 Å². The lowest BCUT2D eigenvalue weighted by molar-refractivity contribution is 0.0598. The molecule has 1 saturated heterocycles. The van der Waals surface area contributed by atoms with Gasteiger partial charge in [-0.1, -0.05) is 40.0 Å². The van der Waals surface area contributed by atoms with Crippen LogP contribution in [0.4, 0.5) is 0 Å². The average Bonchev–Trinajstić information content (AvgIpc) is 2.46. The maximum absolute atomic E-state index is 3.75. The van der Waals surface area contributed by atoms with Gasteiger partial charge in [-0.25, -0.2) is 0 Å². The first kappa shape index (κ1) is 16.3. The fourth-order valence-electron chi connectivity index (χ4n) is 4.13. The Hall–Kier alpha value is -0.0800. The minimum absolute atomic E-state index is 0.676. The molecule has 2 fully saturated rings. The maximum Gasteiger partial charge on any atom is 0.0217 e. The highest BCUT2D eigenvalue weighted by molar-refractivity contribution is 4.89. The molecule has 0 radical (unpaired) electrons. The molecule has 0 amide bonds. The monoisotopic (exact) mass is 280 g/mol. The zero-order valence-corrected chi connectivity index (χ0v) is 14.1. The van der Waals surface area contributed by atoms with Gasteiger partial charge in [-0.05, 0) is 63.1 Å². The van der Waals surface area contributed by atoms with E-state index in [-0.39, 0.29) is 0 Å². The molecule has 2 rings (SSSR count). The van der Waals surface area contributed by atoms with Gasteiger partial charge in [0.05, 0.1) is 0 Å². The molecule has 118 valence electrons. The van der Waals surface area contributed by atoms with Gasteiger partial charge < -0.3 is 10.2 Å². The van der Waals surface area contributed by atoms with Gasteiger partial charge in [-0.15, -0.1) is 0 Å². The van der Waals surface area contributed by atoms with Gasteiger partial charge in [-0.2, -0.15) is 0 Å². The van der Waals surface area contributed by atoms with E-state index in [9.17, 15) is 0 Å². The van der Waals surface area contributed by atoms with Gasteiger partial charge in [-0.3, -0.25) is 0 Å². The van der Waals surface area contributed by atoms with Crippen LogP contribution in [0, 0.1) is 11.3 Å². The Bertz CT molecular complexity index is 259. The van der Waals surface area contributed by atoms with Gasteiger partial charge in [0.25, 0.3) is 0 Å². The van der Waals surface area contributed by atoms with E-state index in [4.69, 9.17) is 0 Å². The summed E-state index contributed by atoms with van der Waals surface area (Å²) in [6, 6.07) is 0.676. The molecule has 20 heavy (non-hydrogen) atoms. The number of hydrogen-bond acceptors (Lipinski definition) is 2. The summed E-state index contributed by atoms with van der Waals surface area (Å²) < 4.78 is 0. The third-order valence-electron chi connectivity index (χ3n) is 5.75. The SMILES string of the molecule is CCCNC(CN1CCC2(CCCCC2)CC1)C(C)C. The Kier molecular flexibility index (Phi) is 6.35. The van der Waals surface area contributed by atoms with E-state index in [0.717, 1.165) is 11.3 Å². The largest absolute Gasteiger partial charge is 0.312 e. The lowest BCUT2D eigenvalue weighted by Gasteiger charge is -2.45. The van der Waals surface area contributed by atoms with Crippen LogP contribution < -0.4 is 5.32 Å². The molecule has 1 spiro atoms. The molecule has 1 atom stereocenters. The molecule has 1 heterocycles. The predicted octanol–water partition coefficient (Wildman–Crippen LogP) is 4.06. The Balaban J connectivity index is 1.77. The minimum Gasteiger partial charge on any atom is -0.312 e. The third kappa shape index (κ3) is 4.46. The second-order valence-corrected chi connectivity index (χ2v) is 7.67. The third-order valence-corrected chi connectivity index (χ3v) is 5.75. The molecule has 1 aliphatic carbocycles. The summed E-state index contributed by atoms with van der Waals surface area (Å²) in [7, 11) is 0. The molecule has 1 unspecified atom stereocenters. The van der Waals surface area contributed by atoms with E-state index in [1.807, 2.05) is 0 Å². The summed E-state index contributed by atoms with van der Waals surface area (Å²) >= 11 is 0. The smallest absolute Gasteiger partial charge is 0.0217 e. The first-order valence-electron chi connectivity index (χ1n) is 9.11. The van der Waals surface area contributed by atoms with Crippen molar-refractivity contribution in [3.05, 3.63) is 0 Å². The van der Waals surface area contributed by atoms with Crippen LogP contribution >= 0.6 is 0 Å². The first-order chi connectivity index (χ1) is 9.65. The van der Waals surface area contributed by atoms with Gasteiger partial charge in [0, 0.05) is 12.6 Å². The van der Waals surface area contributed by atoms with Crippen molar-refractivity contribution in [2.24, 2.45) is 11.3 Å². The molecule has 2 heteroatoms. The summed E-state index contributed by atoms with van der Waals surface area (Å²) in [5.74, 6) is 0.743. The highest BCUT2D eigenvalue weighted by Crippen LogP contribution is 2.44. The van der Waals surface area contributed by atoms with E-state index < -0.39 is 0 Å². The molecule has 1 aliphatic heterocycles. The van der Waals surface area contributed by atoms with Crippen LogP contribution in [-0.4, -0.2) is 37.1 Å². The van der Waals surface area contributed by atoms with Crippen molar-refractivity contribution < 1.29 is 0 Å². The van der Waals surface area contributed by atoms with Crippen molar-refractivity contribution >= 4 is 0 Å². The van der Waals surface area contributed by atoms with Crippen molar-refractivity contribution in [2.45, 2.75) is 78.2 Å². The van der Waals surface area contributed by atoms with Crippen molar-refractivity contribution in [2.75, 3.05) is 26.2 Å². The highest BCUT2D eigenvalue weighted by atomic mass is 15.2. The van der Waals surface area contributed by atoms with E-state index in [2.05, 4.69) is 31.0 Å². The molecular weight excluding hydrogens is 244 g/mol. The van der Waals surface area contributed by atoms with E-state index in [0.29, 0.717) is 6.04 Å². The minimum atomic E-state index is 0.676. The van der Waals surface area contributed by atoms with Crippen molar-refractivity contribution in [3.8, 4) is 0 Å². The number of rotatable bonds is 6. The van der Waals surface area contributed by atoms with Gasteiger partial charge in [0.15, 0.2) is 0 Å². The number of nitrogens with zero attached hydrogens (tertiary/aromatic N) is 1. The van der Waals surface area contributed by atoms with Crippen LogP contribution in [0.2, 0.25) is 0 Å². The molecule has 1 saturated carbocycles. The second kappa shape index (κ2) is 7.79. The number of likely N-dealkylation sites (tertiary alicyclic amines) is 1. The molecule has 0 bridgehead atoms. The fraction of sp³-hybridized carbons (Fsp3) is 1.00. The van der Waals surface area contributed by atoms with Crippen LogP contribution in [0.15, 0.2) is 0 Å². The molecule has 0 aromatic rings. The van der Waals surface area contributed by atoms with Crippen molar-refractivity contribution in [3.63, 3.8) is 0 Å². The Labute approximate surface area is 126 Å². The van der Waals surface area contributed by atoms with Crippen LogP contribution in [0.3, 0.4) is 0 Å². The van der Waals surface area contributed by atoms with Crippen LogP contribution in [0.5, 0.6) is 0 Å². The Morgan fingerprint density at radius 2 is 1.65 bits per heavy atom. The first-order valence-corrected chi connectivity index (χ1v) is 9.11. The number of nitrogens with one attached hydrogen (secondary N) is 1. The normalized spacial score (nSPS) is 25.2. The lowest BCUT2D eigenvalue weighted by atomic mass is 9.68. The second-order valence-electron chi connectivity index (χ2n) is 7.67. The van der Waals surface area contributed by atoms with Crippen molar-refractivity contribution in [1.82, 2.24) is 10.2 Å². The summed E-state index contributed by atoms with van der Waals surface area (Å²) in [4.78, 5) is 2.73. The molecule has 0 aromatic carbocycles. The van der Waals surface area contributed by atoms with E-state index in [1.165, 1.54) is 77.5 Å². The van der Waals surface area contributed by atoms with Crippen LogP contribution in [0.1, 0.15) is 72.1 Å². The number of hydrogen-bond donors (Lipinski definition) is 1. The predicted molar refractivity (Wildman–Crippen MR) is 88.1 cm³/mol. The fourth-order valence-corrected chi connectivity index (χ4v) is 4.13. The standard InChI is InChI=1S/C18H36N2/c1-4-12-19-17(16(2)3)15-20-13-10-18(11-14-20)8-6-5-7-9-18/h16-17,19H,4-15H2,1-3H3. The van der Waals surface area contributed by atoms with Crippen LogP contribution in [0.25, 0.3) is 0 Å². The van der Waals surface area contributed by atoms with Gasteiger partial charge in [0.1, 0.15) is 0 Å². The summed E-state index contributed by atoms with van der Waals surface area (Å²) in [5, 5.41) is 3.75. The molecular formula is C18H36N2. The number of piperidine rings is 1. The van der Waals surface area contributed by atoms with Crippen molar-refractivity contribution in [1.29, 1.82) is 0 Å². The van der Waals surface area contributed by atoms with E-state index in [1.54, 1.807) is 0 Å². The quantitative estimate of drug-likeness (QED) is 0.789.